The van der Waals surface area contributed by atoms with E-state index in [9.17, 15) is 0 Å². The van der Waals surface area contributed by atoms with Gasteiger partial charge in [0.25, 0.3) is 0 Å². The first-order valence-electron chi connectivity index (χ1n) is 6.12. The standard InChI is InChI=1S/C11H20N4S/c1-2-5-12-7-10-4-3-6-15(8-10)11-13-9-14-16-11/h9-10,12H,2-8H2,1H3. The Bertz CT molecular complexity index is 288. The van der Waals surface area contributed by atoms with Crippen molar-refractivity contribution >= 4 is 16.7 Å². The third-order valence-corrected chi connectivity index (χ3v) is 3.73. The molecule has 16 heavy (non-hydrogen) atoms. The van der Waals surface area contributed by atoms with Gasteiger partial charge < -0.3 is 10.2 Å². The van der Waals surface area contributed by atoms with Crippen LogP contribution in [0, 0.1) is 5.92 Å². The summed E-state index contributed by atoms with van der Waals surface area (Å²) in [6.45, 7) is 6.76. The minimum Gasteiger partial charge on any atom is -0.347 e. The predicted octanol–water partition coefficient (Wildman–Crippen LogP) is 1.75. The van der Waals surface area contributed by atoms with Crippen LogP contribution in [0.15, 0.2) is 6.33 Å². The number of piperidine rings is 1. The minimum absolute atomic E-state index is 0.768. The van der Waals surface area contributed by atoms with Gasteiger partial charge in [0.15, 0.2) is 0 Å². The zero-order valence-electron chi connectivity index (χ0n) is 9.85. The van der Waals surface area contributed by atoms with Crippen LogP contribution in [-0.4, -0.2) is 35.5 Å². The number of aromatic nitrogens is 2. The molecule has 1 N–H and O–H groups in total. The highest BCUT2D eigenvalue weighted by Gasteiger charge is 2.21. The van der Waals surface area contributed by atoms with Crippen LogP contribution >= 0.6 is 11.5 Å². The van der Waals surface area contributed by atoms with Crippen molar-refractivity contribution < 1.29 is 0 Å². The van der Waals surface area contributed by atoms with Crippen molar-refractivity contribution in [3.05, 3.63) is 6.33 Å². The van der Waals surface area contributed by atoms with Gasteiger partial charge in [-0.3, -0.25) is 0 Å². The molecule has 1 aromatic heterocycles. The molecule has 0 saturated carbocycles. The molecule has 1 unspecified atom stereocenters. The quantitative estimate of drug-likeness (QED) is 0.796. The molecule has 0 bridgehead atoms. The van der Waals surface area contributed by atoms with E-state index in [-0.39, 0.29) is 0 Å². The SMILES string of the molecule is CCCNCC1CCCN(c2ncns2)C1. The van der Waals surface area contributed by atoms with E-state index in [2.05, 4.69) is 26.5 Å². The summed E-state index contributed by atoms with van der Waals surface area (Å²) in [5.74, 6) is 0.768. The van der Waals surface area contributed by atoms with Gasteiger partial charge in [0.1, 0.15) is 6.33 Å². The summed E-state index contributed by atoms with van der Waals surface area (Å²) in [7, 11) is 0. The maximum atomic E-state index is 4.28. The molecule has 1 aromatic rings. The van der Waals surface area contributed by atoms with Crippen molar-refractivity contribution in [3.63, 3.8) is 0 Å². The molecule has 1 saturated heterocycles. The third kappa shape index (κ3) is 3.15. The van der Waals surface area contributed by atoms with Crippen LogP contribution in [0.3, 0.4) is 0 Å². The summed E-state index contributed by atoms with van der Waals surface area (Å²) >= 11 is 1.50. The van der Waals surface area contributed by atoms with E-state index >= 15 is 0 Å². The first-order chi connectivity index (χ1) is 7.90. The normalized spacial score (nSPS) is 21.3. The Balaban J connectivity index is 1.80. The highest BCUT2D eigenvalue weighted by Crippen LogP contribution is 2.23. The second-order valence-electron chi connectivity index (χ2n) is 4.38. The van der Waals surface area contributed by atoms with E-state index in [1.807, 2.05) is 0 Å². The molecule has 0 spiro atoms. The van der Waals surface area contributed by atoms with Crippen molar-refractivity contribution in [1.82, 2.24) is 14.7 Å². The average Bonchev–Trinajstić information content (AvgIpc) is 2.83. The van der Waals surface area contributed by atoms with Crippen LogP contribution in [0.2, 0.25) is 0 Å². The monoisotopic (exact) mass is 240 g/mol. The van der Waals surface area contributed by atoms with Gasteiger partial charge in [0, 0.05) is 24.6 Å². The Morgan fingerprint density at radius 3 is 3.31 bits per heavy atom. The van der Waals surface area contributed by atoms with Gasteiger partial charge in [0.2, 0.25) is 5.13 Å². The Morgan fingerprint density at radius 1 is 1.62 bits per heavy atom. The summed E-state index contributed by atoms with van der Waals surface area (Å²) in [6.07, 6.45) is 5.48. The molecule has 1 fully saturated rings. The lowest BCUT2D eigenvalue weighted by Crippen LogP contribution is -2.39. The van der Waals surface area contributed by atoms with Crippen molar-refractivity contribution in [2.75, 3.05) is 31.1 Å². The lowest BCUT2D eigenvalue weighted by molar-refractivity contribution is 0.392. The molecule has 5 heteroatoms. The number of nitrogens with one attached hydrogen (secondary N) is 1. The van der Waals surface area contributed by atoms with Gasteiger partial charge in [-0.2, -0.15) is 4.37 Å². The first kappa shape index (κ1) is 11.8. The molecule has 2 rings (SSSR count). The van der Waals surface area contributed by atoms with E-state index in [0.29, 0.717) is 0 Å². The maximum Gasteiger partial charge on any atom is 0.204 e. The van der Waals surface area contributed by atoms with Gasteiger partial charge >= 0.3 is 0 Å². The van der Waals surface area contributed by atoms with Crippen LogP contribution in [0.1, 0.15) is 26.2 Å². The molecule has 1 aliphatic rings. The number of hydrogen-bond donors (Lipinski definition) is 1. The van der Waals surface area contributed by atoms with E-state index in [1.165, 1.54) is 30.8 Å². The summed E-state index contributed by atoms with van der Waals surface area (Å²) in [4.78, 5) is 6.66. The topological polar surface area (TPSA) is 41.0 Å². The zero-order chi connectivity index (χ0) is 11.2. The highest BCUT2D eigenvalue weighted by molar-refractivity contribution is 7.09. The van der Waals surface area contributed by atoms with Gasteiger partial charge in [-0.15, -0.1) is 0 Å². The van der Waals surface area contributed by atoms with Gasteiger partial charge in [-0.1, -0.05) is 6.92 Å². The second-order valence-corrected chi connectivity index (χ2v) is 5.14. The molecule has 1 atom stereocenters. The fraction of sp³-hybridized carbons (Fsp3) is 0.818. The van der Waals surface area contributed by atoms with Crippen molar-refractivity contribution in [3.8, 4) is 0 Å². The van der Waals surface area contributed by atoms with Crippen LogP contribution in [0.5, 0.6) is 0 Å². The van der Waals surface area contributed by atoms with E-state index in [0.717, 1.165) is 37.2 Å². The highest BCUT2D eigenvalue weighted by atomic mass is 32.1. The molecule has 2 heterocycles. The Labute approximate surface area is 101 Å². The summed E-state index contributed by atoms with van der Waals surface area (Å²) < 4.78 is 4.07. The molecule has 4 nitrogen and oxygen atoms in total. The number of hydrogen-bond acceptors (Lipinski definition) is 5. The van der Waals surface area contributed by atoms with Crippen molar-refractivity contribution in [2.45, 2.75) is 26.2 Å². The average molecular weight is 240 g/mol. The molecule has 1 aliphatic heterocycles. The molecule has 0 amide bonds. The molecular weight excluding hydrogens is 220 g/mol. The molecule has 0 radical (unpaired) electrons. The second kappa shape index (κ2) is 6.15. The van der Waals surface area contributed by atoms with E-state index < -0.39 is 0 Å². The van der Waals surface area contributed by atoms with Crippen molar-refractivity contribution in [2.24, 2.45) is 5.92 Å². The summed E-state index contributed by atoms with van der Waals surface area (Å²) in [5.41, 5.74) is 0. The smallest absolute Gasteiger partial charge is 0.204 e. The summed E-state index contributed by atoms with van der Waals surface area (Å²) in [5, 5.41) is 4.59. The Kier molecular flexibility index (Phi) is 4.54. The fourth-order valence-electron chi connectivity index (χ4n) is 2.20. The van der Waals surface area contributed by atoms with Crippen LogP contribution < -0.4 is 10.2 Å². The van der Waals surface area contributed by atoms with Crippen molar-refractivity contribution in [1.29, 1.82) is 0 Å². The van der Waals surface area contributed by atoms with Gasteiger partial charge in [-0.05, 0) is 38.3 Å². The number of nitrogens with zero attached hydrogens (tertiary/aromatic N) is 3. The molecule has 0 aromatic carbocycles. The third-order valence-electron chi connectivity index (χ3n) is 3.00. The predicted molar refractivity (Wildman–Crippen MR) is 68.0 cm³/mol. The lowest BCUT2D eigenvalue weighted by Gasteiger charge is -2.32. The maximum absolute atomic E-state index is 4.28. The molecule has 90 valence electrons. The van der Waals surface area contributed by atoms with Gasteiger partial charge in [-0.25, -0.2) is 4.98 Å². The zero-order valence-corrected chi connectivity index (χ0v) is 10.7. The number of rotatable bonds is 5. The van der Waals surface area contributed by atoms with Gasteiger partial charge in [0.05, 0.1) is 0 Å². The minimum atomic E-state index is 0.768. The van der Waals surface area contributed by atoms with Crippen LogP contribution in [-0.2, 0) is 0 Å². The fourth-order valence-corrected chi connectivity index (χ4v) is 2.76. The first-order valence-corrected chi connectivity index (χ1v) is 6.90. The largest absolute Gasteiger partial charge is 0.347 e. The molecular formula is C11H20N4S. The Hall–Kier alpha value is -0.680. The molecule has 0 aliphatic carbocycles. The Morgan fingerprint density at radius 2 is 2.56 bits per heavy atom. The van der Waals surface area contributed by atoms with Crippen LogP contribution in [0.25, 0.3) is 0 Å². The lowest BCUT2D eigenvalue weighted by atomic mass is 9.98. The number of anilines is 1. The van der Waals surface area contributed by atoms with E-state index in [1.54, 1.807) is 6.33 Å². The van der Waals surface area contributed by atoms with Crippen LogP contribution in [0.4, 0.5) is 5.13 Å². The summed E-state index contributed by atoms with van der Waals surface area (Å²) in [6, 6.07) is 0. The van der Waals surface area contributed by atoms with E-state index in [4.69, 9.17) is 0 Å².